The summed E-state index contributed by atoms with van der Waals surface area (Å²) >= 11 is 7.08. The van der Waals surface area contributed by atoms with Crippen LogP contribution in [0.4, 0.5) is 17.1 Å². The Morgan fingerprint density at radius 2 is 1.58 bits per heavy atom. The highest BCUT2D eigenvalue weighted by Crippen LogP contribution is 2.23. The van der Waals surface area contributed by atoms with Crippen LogP contribution in [0, 0.1) is 10.1 Å². The highest BCUT2D eigenvalue weighted by Gasteiger charge is 2.12. The van der Waals surface area contributed by atoms with Gasteiger partial charge in [0.25, 0.3) is 11.6 Å². The summed E-state index contributed by atoms with van der Waals surface area (Å²) in [6.07, 6.45) is 0. The molecule has 0 atom stereocenters. The number of amides is 2. The van der Waals surface area contributed by atoms with E-state index in [4.69, 9.17) is 16.7 Å². The average Bonchev–Trinajstić information content (AvgIpc) is 2.79. The second-order valence-electron chi connectivity index (χ2n) is 6.62. The van der Waals surface area contributed by atoms with Gasteiger partial charge in [-0.1, -0.05) is 11.6 Å². The molecule has 3 aromatic carbocycles. The Morgan fingerprint density at radius 1 is 0.939 bits per heavy atom. The van der Waals surface area contributed by atoms with Crippen molar-refractivity contribution in [3.8, 4) is 0 Å². The van der Waals surface area contributed by atoms with Crippen molar-refractivity contribution in [2.24, 2.45) is 0 Å². The van der Waals surface area contributed by atoms with Gasteiger partial charge < -0.3 is 15.7 Å². The van der Waals surface area contributed by atoms with Gasteiger partial charge in [0.15, 0.2) is 0 Å². The number of hydrogen-bond donors (Lipinski definition) is 3. The minimum Gasteiger partial charge on any atom is -0.478 e. The first kappa shape index (κ1) is 23.8. The maximum Gasteiger partial charge on any atom is 0.337 e. The smallest absolute Gasteiger partial charge is 0.337 e. The van der Waals surface area contributed by atoms with Gasteiger partial charge in [-0.15, -0.1) is 11.8 Å². The van der Waals surface area contributed by atoms with Gasteiger partial charge in [0.05, 0.1) is 21.3 Å². The molecule has 0 aliphatic carbocycles. The number of carboxylic acids is 1. The predicted octanol–water partition coefficient (Wildman–Crippen LogP) is 4.93. The van der Waals surface area contributed by atoms with Crippen molar-refractivity contribution in [1.29, 1.82) is 0 Å². The van der Waals surface area contributed by atoms with Crippen LogP contribution in [-0.4, -0.2) is 33.6 Å². The molecule has 11 heteroatoms. The minimum atomic E-state index is -1.19. The number of carbonyl (C=O) groups excluding carboxylic acids is 2. The second kappa shape index (κ2) is 10.6. The lowest BCUT2D eigenvalue weighted by molar-refractivity contribution is -0.384. The topological polar surface area (TPSA) is 139 Å². The van der Waals surface area contributed by atoms with Crippen molar-refractivity contribution in [2.75, 3.05) is 16.4 Å². The number of rotatable bonds is 8. The number of carbonyl (C=O) groups is 3. The first-order chi connectivity index (χ1) is 15.7. The molecule has 0 saturated heterocycles. The molecule has 9 nitrogen and oxygen atoms in total. The Kier molecular flexibility index (Phi) is 7.65. The van der Waals surface area contributed by atoms with Crippen LogP contribution in [0.1, 0.15) is 20.7 Å². The number of nitro groups is 1. The van der Waals surface area contributed by atoms with E-state index in [2.05, 4.69) is 10.6 Å². The molecule has 168 valence electrons. The maximum absolute atomic E-state index is 12.3. The summed E-state index contributed by atoms with van der Waals surface area (Å²) in [5.41, 5.74) is 0.925. The fourth-order valence-electron chi connectivity index (χ4n) is 2.69. The molecule has 2 amide bonds. The van der Waals surface area contributed by atoms with Crippen molar-refractivity contribution in [3.05, 3.63) is 93.0 Å². The monoisotopic (exact) mass is 485 g/mol. The molecule has 0 bridgehead atoms. The number of anilines is 2. The van der Waals surface area contributed by atoms with Gasteiger partial charge in [-0.2, -0.15) is 0 Å². The van der Waals surface area contributed by atoms with Crippen molar-refractivity contribution >= 4 is 58.2 Å². The van der Waals surface area contributed by atoms with E-state index in [1.165, 1.54) is 54.2 Å². The molecule has 0 aromatic heterocycles. The second-order valence-corrected chi connectivity index (χ2v) is 8.08. The summed E-state index contributed by atoms with van der Waals surface area (Å²) < 4.78 is 0. The summed E-state index contributed by atoms with van der Waals surface area (Å²) in [5, 5.41) is 25.2. The molecule has 0 radical (unpaired) electrons. The molecule has 0 heterocycles. The number of halogens is 1. The first-order valence-electron chi connectivity index (χ1n) is 9.34. The number of carboxylic acid groups (broad SMARTS) is 1. The Balaban J connectivity index is 1.52. The van der Waals surface area contributed by atoms with E-state index >= 15 is 0 Å². The van der Waals surface area contributed by atoms with E-state index in [-0.39, 0.29) is 33.5 Å². The molecule has 0 unspecified atom stereocenters. The summed E-state index contributed by atoms with van der Waals surface area (Å²) in [7, 11) is 0. The van der Waals surface area contributed by atoms with Gasteiger partial charge in [-0.05, 0) is 54.6 Å². The third kappa shape index (κ3) is 6.55. The quantitative estimate of drug-likeness (QED) is 0.233. The highest BCUT2D eigenvalue weighted by molar-refractivity contribution is 8.00. The lowest BCUT2D eigenvalue weighted by Gasteiger charge is -2.08. The Hall–Kier alpha value is -3.89. The molecule has 0 saturated carbocycles. The molecule has 3 aromatic rings. The molecular formula is C22H16ClN3O6S. The number of nitrogens with one attached hydrogen (secondary N) is 2. The maximum atomic E-state index is 12.3. The number of aromatic carboxylic acids is 1. The molecule has 3 N–H and O–H groups in total. The minimum absolute atomic E-state index is 0.0793. The predicted molar refractivity (Wildman–Crippen MR) is 125 cm³/mol. The van der Waals surface area contributed by atoms with Crippen LogP contribution in [0.25, 0.3) is 0 Å². The first-order valence-corrected chi connectivity index (χ1v) is 10.7. The van der Waals surface area contributed by atoms with Crippen molar-refractivity contribution in [3.63, 3.8) is 0 Å². The van der Waals surface area contributed by atoms with Gasteiger partial charge in [0.1, 0.15) is 0 Å². The summed E-state index contributed by atoms with van der Waals surface area (Å²) in [5.74, 6) is -1.84. The number of hydrogen-bond acceptors (Lipinski definition) is 6. The zero-order valence-corrected chi connectivity index (χ0v) is 18.4. The number of non-ortho nitro benzene ring substituents is 1. The molecule has 0 fully saturated rings. The molecule has 0 aliphatic rings. The van der Waals surface area contributed by atoms with Gasteiger partial charge >= 0.3 is 5.97 Å². The number of nitrogens with zero attached hydrogens (tertiary/aromatic N) is 1. The Labute approximate surface area is 196 Å². The lowest BCUT2D eigenvalue weighted by Crippen LogP contribution is -2.14. The van der Waals surface area contributed by atoms with Gasteiger partial charge in [0, 0.05) is 34.0 Å². The van der Waals surface area contributed by atoms with Crippen molar-refractivity contribution in [2.45, 2.75) is 4.90 Å². The van der Waals surface area contributed by atoms with E-state index in [1.807, 2.05) is 0 Å². The van der Waals surface area contributed by atoms with E-state index in [0.717, 1.165) is 4.90 Å². The summed E-state index contributed by atoms with van der Waals surface area (Å²) in [6, 6.07) is 16.3. The number of benzene rings is 3. The van der Waals surface area contributed by atoms with E-state index in [9.17, 15) is 24.5 Å². The number of nitro benzene ring substituents is 1. The third-order valence-electron chi connectivity index (χ3n) is 4.30. The zero-order chi connectivity index (χ0) is 24.0. The summed E-state index contributed by atoms with van der Waals surface area (Å²) in [6.45, 7) is 0. The normalized spacial score (nSPS) is 10.3. The number of thioether (sulfide) groups is 1. The van der Waals surface area contributed by atoms with Gasteiger partial charge in [-0.3, -0.25) is 19.7 Å². The van der Waals surface area contributed by atoms with Crippen molar-refractivity contribution < 1.29 is 24.4 Å². The fraction of sp³-hybridized carbons (Fsp3) is 0.0455. The lowest BCUT2D eigenvalue weighted by atomic mass is 10.2. The molecule has 0 spiro atoms. The van der Waals surface area contributed by atoms with E-state index in [0.29, 0.717) is 11.4 Å². The van der Waals surface area contributed by atoms with Crippen LogP contribution in [0.15, 0.2) is 71.6 Å². The zero-order valence-electron chi connectivity index (χ0n) is 16.8. The fourth-order valence-corrected chi connectivity index (χ4v) is 3.58. The van der Waals surface area contributed by atoms with Gasteiger partial charge in [-0.25, -0.2) is 4.79 Å². The van der Waals surface area contributed by atoms with Crippen LogP contribution in [0.3, 0.4) is 0 Å². The largest absolute Gasteiger partial charge is 0.478 e. The SMILES string of the molecule is O=C(CSc1ccc(NC(=O)c2ccc([N+](=O)[O-])cc2)cc1)Nc1ccc(Cl)c(C(=O)O)c1. The van der Waals surface area contributed by atoms with Crippen LogP contribution in [0.5, 0.6) is 0 Å². The van der Waals surface area contributed by atoms with Crippen LogP contribution < -0.4 is 10.6 Å². The van der Waals surface area contributed by atoms with Crippen LogP contribution >= 0.6 is 23.4 Å². The third-order valence-corrected chi connectivity index (χ3v) is 5.64. The van der Waals surface area contributed by atoms with Crippen molar-refractivity contribution in [1.82, 2.24) is 0 Å². The molecule has 3 rings (SSSR count). The molecule has 0 aliphatic heterocycles. The highest BCUT2D eigenvalue weighted by atomic mass is 35.5. The van der Waals surface area contributed by atoms with E-state index in [1.54, 1.807) is 24.3 Å². The summed E-state index contributed by atoms with van der Waals surface area (Å²) in [4.78, 5) is 46.5. The van der Waals surface area contributed by atoms with Crippen LogP contribution in [-0.2, 0) is 4.79 Å². The van der Waals surface area contributed by atoms with Crippen LogP contribution in [0.2, 0.25) is 5.02 Å². The Morgan fingerprint density at radius 3 is 2.18 bits per heavy atom. The molecular weight excluding hydrogens is 470 g/mol. The Bertz CT molecular complexity index is 1220. The average molecular weight is 486 g/mol. The molecule has 33 heavy (non-hydrogen) atoms. The van der Waals surface area contributed by atoms with E-state index < -0.39 is 16.8 Å². The van der Waals surface area contributed by atoms with Gasteiger partial charge in [0.2, 0.25) is 5.91 Å². The standard InChI is InChI=1S/C22H16ClN3O6S/c23-19-10-5-15(11-18(19)22(29)30)24-20(27)12-33-17-8-3-14(4-9-17)25-21(28)13-1-6-16(7-2-13)26(31)32/h1-11H,12H2,(H,24,27)(H,25,28)(H,29,30).